The zero-order valence-electron chi connectivity index (χ0n) is 10.4. The van der Waals surface area contributed by atoms with Crippen LogP contribution in [0.4, 0.5) is 0 Å². The molecule has 0 aliphatic carbocycles. The normalized spacial score (nSPS) is 18.7. The van der Waals surface area contributed by atoms with E-state index in [1.165, 1.54) is 0 Å². The molecule has 1 aliphatic rings. The van der Waals surface area contributed by atoms with Gasteiger partial charge in [-0.25, -0.2) is 0 Å². The number of nitrogens with one attached hydrogen (secondary N) is 1. The van der Waals surface area contributed by atoms with E-state index in [9.17, 15) is 9.59 Å². The summed E-state index contributed by atoms with van der Waals surface area (Å²) in [7, 11) is 0. The van der Waals surface area contributed by atoms with Gasteiger partial charge < -0.3 is 10.2 Å². The first-order valence-electron chi connectivity index (χ1n) is 5.74. The molecule has 0 saturated carbocycles. The molecule has 18 heavy (non-hydrogen) atoms. The number of carbonyl (C=O) groups excluding carboxylic acids is 2. The van der Waals surface area contributed by atoms with Gasteiger partial charge in [-0.2, -0.15) is 0 Å². The molecular formula is C13H15BrN2O2. The van der Waals surface area contributed by atoms with Crippen LogP contribution in [0.5, 0.6) is 0 Å². The topological polar surface area (TPSA) is 49.4 Å². The van der Waals surface area contributed by atoms with E-state index in [1.807, 2.05) is 24.3 Å². The van der Waals surface area contributed by atoms with E-state index >= 15 is 0 Å². The van der Waals surface area contributed by atoms with E-state index in [0.29, 0.717) is 6.54 Å². The lowest BCUT2D eigenvalue weighted by Gasteiger charge is -2.37. The number of amides is 2. The van der Waals surface area contributed by atoms with Crippen LogP contribution >= 0.6 is 15.9 Å². The van der Waals surface area contributed by atoms with E-state index < -0.39 is 5.54 Å². The second-order valence-electron chi connectivity index (χ2n) is 4.93. The quantitative estimate of drug-likeness (QED) is 0.903. The van der Waals surface area contributed by atoms with Gasteiger partial charge in [-0.1, -0.05) is 34.1 Å². The molecule has 5 heteroatoms. The Balaban J connectivity index is 2.21. The standard InChI is InChI=1S/C13H15BrN2O2/c1-13(2)12(18)16(8-11(17)15-13)7-9-5-3-4-6-10(9)14/h3-6H,7-8H2,1-2H3,(H,15,17). The van der Waals surface area contributed by atoms with E-state index in [1.54, 1.807) is 18.7 Å². The summed E-state index contributed by atoms with van der Waals surface area (Å²) in [5, 5.41) is 2.69. The molecular weight excluding hydrogens is 296 g/mol. The Labute approximate surface area is 114 Å². The predicted molar refractivity (Wildman–Crippen MR) is 71.8 cm³/mol. The number of benzene rings is 1. The fourth-order valence-corrected chi connectivity index (χ4v) is 2.45. The number of halogens is 1. The number of rotatable bonds is 2. The van der Waals surface area contributed by atoms with Crippen LogP contribution < -0.4 is 5.32 Å². The third-order valence-electron chi connectivity index (χ3n) is 2.93. The Hall–Kier alpha value is -1.36. The van der Waals surface area contributed by atoms with Gasteiger partial charge in [0.25, 0.3) is 0 Å². The molecule has 4 nitrogen and oxygen atoms in total. The molecule has 2 rings (SSSR count). The maximum absolute atomic E-state index is 12.2. The molecule has 0 radical (unpaired) electrons. The highest BCUT2D eigenvalue weighted by Gasteiger charge is 2.38. The molecule has 1 N–H and O–H groups in total. The Morgan fingerprint density at radius 2 is 2.00 bits per heavy atom. The minimum atomic E-state index is -0.823. The monoisotopic (exact) mass is 310 g/mol. The molecule has 1 aromatic carbocycles. The van der Waals surface area contributed by atoms with Gasteiger partial charge in [-0.15, -0.1) is 0 Å². The van der Waals surface area contributed by atoms with E-state index in [4.69, 9.17) is 0 Å². The van der Waals surface area contributed by atoms with Crippen LogP contribution in [0.15, 0.2) is 28.7 Å². The molecule has 0 atom stereocenters. The van der Waals surface area contributed by atoms with Crippen LogP contribution in [0, 0.1) is 0 Å². The van der Waals surface area contributed by atoms with Crippen molar-refractivity contribution >= 4 is 27.7 Å². The Morgan fingerprint density at radius 1 is 1.33 bits per heavy atom. The van der Waals surface area contributed by atoms with Gasteiger partial charge in [0.05, 0.1) is 6.54 Å². The molecule has 1 heterocycles. The second kappa shape index (κ2) is 4.72. The zero-order chi connectivity index (χ0) is 13.3. The largest absolute Gasteiger partial charge is 0.341 e. The summed E-state index contributed by atoms with van der Waals surface area (Å²) < 4.78 is 0.946. The molecule has 0 unspecified atom stereocenters. The van der Waals surface area contributed by atoms with Gasteiger partial charge in [0, 0.05) is 11.0 Å². The van der Waals surface area contributed by atoms with E-state index in [-0.39, 0.29) is 18.4 Å². The summed E-state index contributed by atoms with van der Waals surface area (Å²) in [5.74, 6) is -0.176. The average molecular weight is 311 g/mol. The van der Waals surface area contributed by atoms with Crippen molar-refractivity contribution in [2.24, 2.45) is 0 Å². The highest BCUT2D eigenvalue weighted by molar-refractivity contribution is 9.10. The van der Waals surface area contributed by atoms with Gasteiger partial charge in [0.15, 0.2) is 0 Å². The SMILES string of the molecule is CC1(C)NC(=O)CN(Cc2ccccc2Br)C1=O. The first-order chi connectivity index (χ1) is 8.40. The second-order valence-corrected chi connectivity index (χ2v) is 5.78. The van der Waals surface area contributed by atoms with Crippen LogP contribution in [0.25, 0.3) is 0 Å². The van der Waals surface area contributed by atoms with E-state index in [2.05, 4.69) is 21.2 Å². The number of hydrogen-bond acceptors (Lipinski definition) is 2. The minimum absolute atomic E-state index is 0.0575. The maximum Gasteiger partial charge on any atom is 0.248 e. The fraction of sp³-hybridized carbons (Fsp3) is 0.385. The van der Waals surface area contributed by atoms with Crippen LogP contribution in [0.3, 0.4) is 0 Å². The number of hydrogen-bond donors (Lipinski definition) is 1. The third-order valence-corrected chi connectivity index (χ3v) is 3.70. The van der Waals surface area contributed by atoms with Crippen LogP contribution in [-0.4, -0.2) is 28.8 Å². The highest BCUT2D eigenvalue weighted by Crippen LogP contribution is 2.21. The van der Waals surface area contributed by atoms with Crippen molar-refractivity contribution < 1.29 is 9.59 Å². The van der Waals surface area contributed by atoms with Crippen LogP contribution in [0.1, 0.15) is 19.4 Å². The first kappa shape index (κ1) is 13.1. The Kier molecular flexibility index (Phi) is 3.43. The summed E-state index contributed by atoms with van der Waals surface area (Å²) in [4.78, 5) is 25.4. The summed E-state index contributed by atoms with van der Waals surface area (Å²) in [5.41, 5.74) is 0.174. The lowest BCUT2D eigenvalue weighted by atomic mass is 10.00. The molecule has 1 aliphatic heterocycles. The molecule has 1 saturated heterocycles. The molecule has 1 aromatic rings. The summed E-state index contributed by atoms with van der Waals surface area (Å²) in [6.07, 6.45) is 0. The summed E-state index contributed by atoms with van der Waals surface area (Å²) in [6, 6.07) is 7.70. The van der Waals surface area contributed by atoms with Crippen molar-refractivity contribution in [1.29, 1.82) is 0 Å². The van der Waals surface area contributed by atoms with Gasteiger partial charge in [0.2, 0.25) is 11.8 Å². The Morgan fingerprint density at radius 3 is 2.67 bits per heavy atom. The van der Waals surface area contributed by atoms with Crippen molar-refractivity contribution in [3.63, 3.8) is 0 Å². The molecule has 0 spiro atoms. The summed E-state index contributed by atoms with van der Waals surface area (Å²) >= 11 is 3.45. The molecule has 0 aromatic heterocycles. The zero-order valence-corrected chi connectivity index (χ0v) is 12.0. The van der Waals surface area contributed by atoms with Crippen molar-refractivity contribution in [3.8, 4) is 0 Å². The molecule has 0 bridgehead atoms. The fourth-order valence-electron chi connectivity index (χ4n) is 2.04. The third kappa shape index (κ3) is 2.56. The maximum atomic E-state index is 12.2. The number of carbonyl (C=O) groups is 2. The Bertz CT molecular complexity index is 500. The average Bonchev–Trinajstić information content (AvgIpc) is 2.27. The smallest absolute Gasteiger partial charge is 0.248 e. The van der Waals surface area contributed by atoms with Gasteiger partial charge >= 0.3 is 0 Å². The van der Waals surface area contributed by atoms with Crippen molar-refractivity contribution in [1.82, 2.24) is 10.2 Å². The number of piperazine rings is 1. The molecule has 96 valence electrons. The number of nitrogens with zero attached hydrogens (tertiary/aromatic N) is 1. The molecule has 2 amide bonds. The first-order valence-corrected chi connectivity index (χ1v) is 6.53. The molecule has 1 fully saturated rings. The van der Waals surface area contributed by atoms with Crippen LogP contribution in [-0.2, 0) is 16.1 Å². The van der Waals surface area contributed by atoms with Crippen molar-refractivity contribution in [2.45, 2.75) is 25.9 Å². The van der Waals surface area contributed by atoms with Gasteiger partial charge in [-0.3, -0.25) is 9.59 Å². The van der Waals surface area contributed by atoms with Crippen molar-refractivity contribution in [3.05, 3.63) is 34.3 Å². The summed E-state index contributed by atoms with van der Waals surface area (Å²) in [6.45, 7) is 4.00. The lowest BCUT2D eigenvalue weighted by molar-refractivity contribution is -0.148. The van der Waals surface area contributed by atoms with Crippen molar-refractivity contribution in [2.75, 3.05) is 6.54 Å². The minimum Gasteiger partial charge on any atom is -0.341 e. The van der Waals surface area contributed by atoms with Crippen LogP contribution in [0.2, 0.25) is 0 Å². The predicted octanol–water partition coefficient (Wildman–Crippen LogP) is 1.69. The highest BCUT2D eigenvalue weighted by atomic mass is 79.9. The van der Waals surface area contributed by atoms with Gasteiger partial charge in [-0.05, 0) is 25.5 Å². The lowest BCUT2D eigenvalue weighted by Crippen LogP contribution is -2.63. The van der Waals surface area contributed by atoms with Gasteiger partial charge in [0.1, 0.15) is 5.54 Å². The van der Waals surface area contributed by atoms with E-state index in [0.717, 1.165) is 10.0 Å².